The first-order valence-corrected chi connectivity index (χ1v) is 6.82. The summed E-state index contributed by atoms with van der Waals surface area (Å²) < 4.78 is 0. The van der Waals surface area contributed by atoms with Crippen molar-refractivity contribution in [2.45, 2.75) is 33.2 Å². The standard InChI is InChI=1S/C14H21N5/c1-10(2)19-5-4-12(9-19)8-16-14-17-11(3)6-13(7-15)18-14/h6,10,12H,4-5,8-9H2,1-3H3,(H,16,17,18). The van der Waals surface area contributed by atoms with Crippen LogP contribution in [0.2, 0.25) is 0 Å². The number of nitrogens with one attached hydrogen (secondary N) is 1. The molecule has 2 heterocycles. The maximum Gasteiger partial charge on any atom is 0.224 e. The molecule has 0 bridgehead atoms. The van der Waals surface area contributed by atoms with E-state index in [0.717, 1.165) is 18.8 Å². The Hall–Kier alpha value is -1.67. The first kappa shape index (κ1) is 13.8. The van der Waals surface area contributed by atoms with Gasteiger partial charge in [0.05, 0.1) is 0 Å². The van der Waals surface area contributed by atoms with E-state index in [1.807, 2.05) is 6.92 Å². The van der Waals surface area contributed by atoms with Gasteiger partial charge in [-0.05, 0) is 45.7 Å². The normalized spacial score (nSPS) is 19.6. The van der Waals surface area contributed by atoms with E-state index in [9.17, 15) is 0 Å². The Bertz CT molecular complexity index is 477. The zero-order valence-corrected chi connectivity index (χ0v) is 11.8. The predicted molar refractivity (Wildman–Crippen MR) is 74.8 cm³/mol. The van der Waals surface area contributed by atoms with Gasteiger partial charge in [0.15, 0.2) is 0 Å². The number of nitriles is 1. The van der Waals surface area contributed by atoms with Crippen molar-refractivity contribution < 1.29 is 0 Å². The third-order valence-corrected chi connectivity index (χ3v) is 3.57. The van der Waals surface area contributed by atoms with Crippen LogP contribution < -0.4 is 5.32 Å². The Morgan fingerprint density at radius 2 is 2.32 bits per heavy atom. The van der Waals surface area contributed by atoms with E-state index in [2.05, 4.69) is 40.1 Å². The SMILES string of the molecule is Cc1cc(C#N)nc(NCC2CCN(C(C)C)C2)n1. The molecule has 2 rings (SSSR count). The molecule has 0 aliphatic carbocycles. The minimum Gasteiger partial charge on any atom is -0.354 e. The van der Waals surface area contributed by atoms with Gasteiger partial charge in [-0.15, -0.1) is 0 Å². The second kappa shape index (κ2) is 5.98. The van der Waals surface area contributed by atoms with Crippen LogP contribution >= 0.6 is 0 Å². The molecule has 1 unspecified atom stereocenters. The van der Waals surface area contributed by atoms with Gasteiger partial charge in [-0.3, -0.25) is 0 Å². The molecule has 102 valence electrons. The fourth-order valence-electron chi connectivity index (χ4n) is 2.44. The molecule has 5 heteroatoms. The van der Waals surface area contributed by atoms with Gasteiger partial charge in [0.25, 0.3) is 0 Å². The van der Waals surface area contributed by atoms with Crippen molar-refractivity contribution in [2.75, 3.05) is 25.0 Å². The monoisotopic (exact) mass is 259 g/mol. The fraction of sp³-hybridized carbons (Fsp3) is 0.643. The summed E-state index contributed by atoms with van der Waals surface area (Å²) in [7, 11) is 0. The highest BCUT2D eigenvalue weighted by Gasteiger charge is 2.23. The molecule has 1 atom stereocenters. The molecule has 19 heavy (non-hydrogen) atoms. The van der Waals surface area contributed by atoms with Crippen LogP contribution in [-0.2, 0) is 0 Å². The number of hydrogen-bond acceptors (Lipinski definition) is 5. The lowest BCUT2D eigenvalue weighted by Gasteiger charge is -2.20. The number of hydrogen-bond donors (Lipinski definition) is 1. The van der Waals surface area contributed by atoms with E-state index in [4.69, 9.17) is 5.26 Å². The molecule has 0 spiro atoms. The summed E-state index contributed by atoms with van der Waals surface area (Å²) in [6.45, 7) is 9.52. The minimum absolute atomic E-state index is 0.422. The molecular weight excluding hydrogens is 238 g/mol. The highest BCUT2D eigenvalue weighted by atomic mass is 15.2. The fourth-order valence-corrected chi connectivity index (χ4v) is 2.44. The van der Waals surface area contributed by atoms with Crippen LogP contribution in [0.15, 0.2) is 6.07 Å². The van der Waals surface area contributed by atoms with Crippen molar-refractivity contribution >= 4 is 5.95 Å². The molecular formula is C14H21N5. The first-order chi connectivity index (χ1) is 9.08. The number of rotatable bonds is 4. The third kappa shape index (κ3) is 3.65. The summed E-state index contributed by atoms with van der Waals surface area (Å²) in [4.78, 5) is 11.0. The van der Waals surface area contributed by atoms with Gasteiger partial charge in [-0.2, -0.15) is 5.26 Å². The zero-order chi connectivity index (χ0) is 13.8. The Morgan fingerprint density at radius 1 is 1.53 bits per heavy atom. The maximum atomic E-state index is 8.89. The Labute approximate surface area is 114 Å². The van der Waals surface area contributed by atoms with Crippen LogP contribution in [0.5, 0.6) is 0 Å². The molecule has 1 aromatic rings. The lowest BCUT2D eigenvalue weighted by Crippen LogP contribution is -2.29. The van der Waals surface area contributed by atoms with Crippen molar-refractivity contribution in [3.8, 4) is 6.07 Å². The van der Waals surface area contributed by atoms with Crippen molar-refractivity contribution in [2.24, 2.45) is 5.92 Å². The summed E-state index contributed by atoms with van der Waals surface area (Å²) in [5.41, 5.74) is 1.24. The van der Waals surface area contributed by atoms with Crippen LogP contribution in [0.3, 0.4) is 0 Å². The topological polar surface area (TPSA) is 64.8 Å². The summed E-state index contributed by atoms with van der Waals surface area (Å²) in [5, 5.41) is 12.1. The van der Waals surface area contributed by atoms with Crippen molar-refractivity contribution in [1.29, 1.82) is 5.26 Å². The maximum absolute atomic E-state index is 8.89. The molecule has 1 N–H and O–H groups in total. The largest absolute Gasteiger partial charge is 0.354 e. The van der Waals surface area contributed by atoms with Gasteiger partial charge in [-0.1, -0.05) is 0 Å². The van der Waals surface area contributed by atoms with Crippen LogP contribution in [0.4, 0.5) is 5.95 Å². The molecule has 1 aliphatic rings. The van der Waals surface area contributed by atoms with Crippen LogP contribution in [0.1, 0.15) is 31.7 Å². The molecule has 0 radical (unpaired) electrons. The average Bonchev–Trinajstić information content (AvgIpc) is 2.84. The van der Waals surface area contributed by atoms with Crippen molar-refractivity contribution in [3.05, 3.63) is 17.5 Å². The quantitative estimate of drug-likeness (QED) is 0.893. The van der Waals surface area contributed by atoms with Gasteiger partial charge in [0, 0.05) is 24.8 Å². The minimum atomic E-state index is 0.422. The summed E-state index contributed by atoms with van der Waals surface area (Å²) in [6.07, 6.45) is 1.21. The number of aromatic nitrogens is 2. The number of likely N-dealkylation sites (tertiary alicyclic amines) is 1. The van der Waals surface area contributed by atoms with Crippen molar-refractivity contribution in [3.63, 3.8) is 0 Å². The molecule has 0 aromatic carbocycles. The Kier molecular flexibility index (Phi) is 4.33. The average molecular weight is 259 g/mol. The van der Waals surface area contributed by atoms with Crippen LogP contribution in [0.25, 0.3) is 0 Å². The smallest absolute Gasteiger partial charge is 0.224 e. The van der Waals surface area contributed by atoms with Gasteiger partial charge >= 0.3 is 0 Å². The van der Waals surface area contributed by atoms with Crippen LogP contribution in [0, 0.1) is 24.2 Å². The highest BCUT2D eigenvalue weighted by Crippen LogP contribution is 2.18. The first-order valence-electron chi connectivity index (χ1n) is 6.82. The van der Waals surface area contributed by atoms with Crippen LogP contribution in [-0.4, -0.2) is 40.5 Å². The Morgan fingerprint density at radius 3 is 2.95 bits per heavy atom. The number of aryl methyl sites for hydroxylation is 1. The molecule has 0 amide bonds. The van der Waals surface area contributed by atoms with Gasteiger partial charge < -0.3 is 10.2 Å². The molecule has 1 aromatic heterocycles. The van der Waals surface area contributed by atoms with E-state index in [1.165, 1.54) is 13.0 Å². The van der Waals surface area contributed by atoms with Gasteiger partial charge in [0.2, 0.25) is 5.95 Å². The predicted octanol–water partition coefficient (Wildman–Crippen LogP) is 1.80. The Balaban J connectivity index is 1.90. The van der Waals surface area contributed by atoms with Crippen molar-refractivity contribution in [1.82, 2.24) is 14.9 Å². The molecule has 1 aliphatic heterocycles. The highest BCUT2D eigenvalue weighted by molar-refractivity contribution is 5.33. The lowest BCUT2D eigenvalue weighted by molar-refractivity contribution is 0.266. The lowest BCUT2D eigenvalue weighted by atomic mass is 10.1. The van der Waals surface area contributed by atoms with E-state index < -0.39 is 0 Å². The van der Waals surface area contributed by atoms with E-state index in [-0.39, 0.29) is 0 Å². The molecule has 1 saturated heterocycles. The molecule has 0 saturated carbocycles. The third-order valence-electron chi connectivity index (χ3n) is 3.57. The number of anilines is 1. The summed E-state index contributed by atoms with van der Waals surface area (Å²) in [5.74, 6) is 1.21. The van der Waals surface area contributed by atoms with Gasteiger partial charge in [-0.25, -0.2) is 9.97 Å². The van der Waals surface area contributed by atoms with E-state index in [0.29, 0.717) is 23.6 Å². The van der Waals surface area contributed by atoms with E-state index in [1.54, 1.807) is 6.07 Å². The summed E-state index contributed by atoms with van der Waals surface area (Å²) >= 11 is 0. The molecule has 1 fully saturated rings. The zero-order valence-electron chi connectivity index (χ0n) is 11.8. The number of nitrogens with zero attached hydrogens (tertiary/aromatic N) is 4. The summed E-state index contributed by atoms with van der Waals surface area (Å²) in [6, 6.07) is 4.37. The second-order valence-electron chi connectivity index (χ2n) is 5.45. The second-order valence-corrected chi connectivity index (χ2v) is 5.45. The molecule has 5 nitrogen and oxygen atoms in total. The van der Waals surface area contributed by atoms with Gasteiger partial charge in [0.1, 0.15) is 11.8 Å². The van der Waals surface area contributed by atoms with E-state index >= 15 is 0 Å².